The third kappa shape index (κ3) is 5.09. The summed E-state index contributed by atoms with van der Waals surface area (Å²) in [6.07, 6.45) is 2.06. The van der Waals surface area contributed by atoms with Crippen molar-refractivity contribution in [2.45, 2.75) is 31.3 Å². The predicted octanol–water partition coefficient (Wildman–Crippen LogP) is 2.49. The summed E-state index contributed by atoms with van der Waals surface area (Å²) in [5, 5.41) is 11.2. The molecule has 2 aromatic rings. The molecule has 0 aliphatic carbocycles. The van der Waals surface area contributed by atoms with E-state index in [1.165, 1.54) is 23.9 Å². The summed E-state index contributed by atoms with van der Waals surface area (Å²) in [4.78, 5) is 26.4. The second-order valence-corrected chi connectivity index (χ2v) is 7.96. The van der Waals surface area contributed by atoms with E-state index in [0.717, 1.165) is 25.9 Å². The molecular weight excluding hydrogens is 381 g/mol. The zero-order chi connectivity index (χ0) is 20.1. The predicted molar refractivity (Wildman–Crippen MR) is 105 cm³/mol. The molecule has 3 rings (SSSR count). The molecule has 2 amide bonds. The molecule has 1 N–H and O–H groups in total. The Hall–Kier alpha value is -2.42. The molecular formula is C19H24FN5O2S. The number of thioether (sulfide) groups is 1. The van der Waals surface area contributed by atoms with Gasteiger partial charge in [-0.3, -0.25) is 9.59 Å². The van der Waals surface area contributed by atoms with Crippen LogP contribution in [-0.2, 0) is 23.1 Å². The number of nitrogens with zero attached hydrogens (tertiary/aromatic N) is 4. The van der Waals surface area contributed by atoms with Crippen LogP contribution in [0.5, 0.6) is 0 Å². The maximum Gasteiger partial charge on any atom is 0.233 e. The molecule has 1 aliphatic heterocycles. The van der Waals surface area contributed by atoms with Crippen molar-refractivity contribution in [2.75, 3.05) is 24.2 Å². The van der Waals surface area contributed by atoms with Crippen LogP contribution < -0.4 is 5.32 Å². The van der Waals surface area contributed by atoms with Crippen LogP contribution in [0.25, 0.3) is 0 Å². The van der Waals surface area contributed by atoms with Gasteiger partial charge >= 0.3 is 0 Å². The number of hydrogen-bond donors (Lipinski definition) is 1. The normalized spacial score (nSPS) is 14.9. The number of carbonyl (C=O) groups excluding carboxylic acids is 2. The second kappa shape index (κ2) is 9.18. The fourth-order valence-electron chi connectivity index (χ4n) is 3.00. The van der Waals surface area contributed by atoms with Gasteiger partial charge in [0, 0.05) is 20.1 Å². The smallest absolute Gasteiger partial charge is 0.233 e. The molecule has 0 saturated carbocycles. The number of benzene rings is 1. The fourth-order valence-corrected chi connectivity index (χ4v) is 3.83. The quantitative estimate of drug-likeness (QED) is 0.747. The molecule has 28 heavy (non-hydrogen) atoms. The average molecular weight is 405 g/mol. The standard InChI is InChI=1S/C19H24FN5O2S/c1-13-7-9-25(10-8-13)18(27)12-28-19-23-22-16(24(19)2)11-17(26)21-15-6-4-3-5-14(15)20/h3-6,13H,7-12H2,1-2H3,(H,21,26). The Morgan fingerprint density at radius 1 is 1.25 bits per heavy atom. The minimum Gasteiger partial charge on any atom is -0.342 e. The zero-order valence-electron chi connectivity index (χ0n) is 16.0. The van der Waals surface area contributed by atoms with Gasteiger partial charge in [0.2, 0.25) is 11.8 Å². The molecule has 1 aliphatic rings. The van der Waals surface area contributed by atoms with Gasteiger partial charge in [-0.15, -0.1) is 10.2 Å². The van der Waals surface area contributed by atoms with Crippen LogP contribution in [-0.4, -0.2) is 50.3 Å². The highest BCUT2D eigenvalue weighted by Crippen LogP contribution is 2.20. The van der Waals surface area contributed by atoms with Crippen LogP contribution in [0.2, 0.25) is 0 Å². The van der Waals surface area contributed by atoms with Crippen LogP contribution in [0.15, 0.2) is 29.4 Å². The van der Waals surface area contributed by atoms with Crippen molar-refractivity contribution < 1.29 is 14.0 Å². The third-order valence-corrected chi connectivity index (χ3v) is 5.86. The molecule has 150 valence electrons. The van der Waals surface area contributed by atoms with Crippen LogP contribution in [0, 0.1) is 11.7 Å². The lowest BCUT2D eigenvalue weighted by Gasteiger charge is -2.30. The first-order chi connectivity index (χ1) is 13.4. The molecule has 0 atom stereocenters. The van der Waals surface area contributed by atoms with E-state index in [0.29, 0.717) is 22.7 Å². The van der Waals surface area contributed by atoms with E-state index in [1.54, 1.807) is 23.7 Å². The van der Waals surface area contributed by atoms with E-state index in [-0.39, 0.29) is 23.9 Å². The summed E-state index contributed by atoms with van der Waals surface area (Å²) in [6.45, 7) is 3.82. The number of likely N-dealkylation sites (tertiary alicyclic amines) is 1. The van der Waals surface area contributed by atoms with Crippen molar-refractivity contribution in [3.8, 4) is 0 Å². The fraction of sp³-hybridized carbons (Fsp3) is 0.474. The molecule has 1 fully saturated rings. The number of carbonyl (C=O) groups is 2. The Morgan fingerprint density at radius 2 is 1.96 bits per heavy atom. The minimum atomic E-state index is -0.490. The van der Waals surface area contributed by atoms with Crippen LogP contribution >= 0.6 is 11.8 Å². The highest BCUT2D eigenvalue weighted by Gasteiger charge is 2.21. The van der Waals surface area contributed by atoms with Gasteiger partial charge in [-0.1, -0.05) is 30.8 Å². The topological polar surface area (TPSA) is 80.1 Å². The molecule has 0 bridgehead atoms. The molecule has 9 heteroatoms. The minimum absolute atomic E-state index is 0.0314. The molecule has 0 radical (unpaired) electrons. The maximum absolute atomic E-state index is 13.6. The summed E-state index contributed by atoms with van der Waals surface area (Å²) in [5.74, 6) is 0.649. The number of piperidine rings is 1. The van der Waals surface area contributed by atoms with E-state index in [9.17, 15) is 14.0 Å². The molecule has 1 aromatic carbocycles. The number of nitrogens with one attached hydrogen (secondary N) is 1. The van der Waals surface area contributed by atoms with Crippen molar-refractivity contribution in [1.29, 1.82) is 0 Å². The van der Waals surface area contributed by atoms with Crippen LogP contribution in [0.1, 0.15) is 25.6 Å². The molecule has 7 nitrogen and oxygen atoms in total. The summed E-state index contributed by atoms with van der Waals surface area (Å²) in [5.41, 5.74) is 0.130. The van der Waals surface area contributed by atoms with Gasteiger partial charge in [-0.05, 0) is 30.9 Å². The van der Waals surface area contributed by atoms with Crippen molar-refractivity contribution in [1.82, 2.24) is 19.7 Å². The van der Waals surface area contributed by atoms with Gasteiger partial charge in [-0.2, -0.15) is 0 Å². The molecule has 1 saturated heterocycles. The van der Waals surface area contributed by atoms with Gasteiger partial charge in [0.05, 0.1) is 17.9 Å². The van der Waals surface area contributed by atoms with E-state index >= 15 is 0 Å². The number of halogens is 1. The Kier molecular flexibility index (Phi) is 6.66. The van der Waals surface area contributed by atoms with E-state index in [4.69, 9.17) is 0 Å². The summed E-state index contributed by atoms with van der Waals surface area (Å²) in [7, 11) is 1.75. The zero-order valence-corrected chi connectivity index (χ0v) is 16.8. The number of aromatic nitrogens is 3. The Bertz CT molecular complexity index is 849. The monoisotopic (exact) mass is 405 g/mol. The summed E-state index contributed by atoms with van der Waals surface area (Å²) >= 11 is 1.31. The maximum atomic E-state index is 13.6. The molecule has 0 unspecified atom stereocenters. The SMILES string of the molecule is CC1CCN(C(=O)CSc2nnc(CC(=O)Nc3ccccc3F)n2C)CC1. The van der Waals surface area contributed by atoms with Crippen molar-refractivity contribution in [3.63, 3.8) is 0 Å². The average Bonchev–Trinajstić information content (AvgIpc) is 3.02. The molecule has 2 heterocycles. The Labute approximate surface area is 167 Å². The first kappa shape index (κ1) is 20.3. The van der Waals surface area contributed by atoms with Gasteiger partial charge < -0.3 is 14.8 Å². The number of rotatable bonds is 6. The van der Waals surface area contributed by atoms with Gasteiger partial charge in [-0.25, -0.2) is 4.39 Å². The van der Waals surface area contributed by atoms with E-state index in [1.807, 2.05) is 4.90 Å². The summed E-state index contributed by atoms with van der Waals surface area (Å²) < 4.78 is 15.3. The number of hydrogen-bond acceptors (Lipinski definition) is 5. The Balaban J connectivity index is 1.52. The largest absolute Gasteiger partial charge is 0.342 e. The lowest BCUT2D eigenvalue weighted by Crippen LogP contribution is -2.38. The van der Waals surface area contributed by atoms with Crippen molar-refractivity contribution in [2.24, 2.45) is 13.0 Å². The highest BCUT2D eigenvalue weighted by atomic mass is 32.2. The molecule has 1 aromatic heterocycles. The van der Waals surface area contributed by atoms with E-state index in [2.05, 4.69) is 22.4 Å². The highest BCUT2D eigenvalue weighted by molar-refractivity contribution is 7.99. The summed E-state index contributed by atoms with van der Waals surface area (Å²) in [6, 6.07) is 5.99. The van der Waals surface area contributed by atoms with Gasteiger partial charge in [0.15, 0.2) is 5.16 Å². The van der Waals surface area contributed by atoms with Crippen LogP contribution in [0.3, 0.4) is 0 Å². The second-order valence-electron chi connectivity index (χ2n) is 7.01. The van der Waals surface area contributed by atoms with Gasteiger partial charge in [0.1, 0.15) is 11.6 Å². The first-order valence-corrected chi connectivity index (χ1v) is 10.3. The number of amides is 2. The first-order valence-electron chi connectivity index (χ1n) is 9.27. The van der Waals surface area contributed by atoms with Crippen LogP contribution in [0.4, 0.5) is 10.1 Å². The van der Waals surface area contributed by atoms with Crippen molar-refractivity contribution in [3.05, 3.63) is 35.9 Å². The third-order valence-electron chi connectivity index (χ3n) is 4.85. The Morgan fingerprint density at radius 3 is 2.68 bits per heavy atom. The number of para-hydroxylation sites is 1. The van der Waals surface area contributed by atoms with Gasteiger partial charge in [0.25, 0.3) is 0 Å². The van der Waals surface area contributed by atoms with Crippen molar-refractivity contribution >= 4 is 29.3 Å². The molecule has 0 spiro atoms. The van der Waals surface area contributed by atoms with E-state index < -0.39 is 5.82 Å². The lowest BCUT2D eigenvalue weighted by atomic mass is 9.99. The lowest BCUT2D eigenvalue weighted by molar-refractivity contribution is -0.129. The number of anilines is 1.